The van der Waals surface area contributed by atoms with Crippen LogP contribution in [0.2, 0.25) is 0 Å². The van der Waals surface area contributed by atoms with Crippen molar-refractivity contribution in [2.75, 3.05) is 0 Å². The second kappa shape index (κ2) is 7.07. The third kappa shape index (κ3) is 3.22. The number of aliphatic imine (C=N–C) groups is 1. The van der Waals surface area contributed by atoms with Crippen molar-refractivity contribution in [1.29, 1.82) is 0 Å². The Bertz CT molecular complexity index is 391. The van der Waals surface area contributed by atoms with Crippen molar-refractivity contribution in [3.05, 3.63) is 12.2 Å². The second-order valence-electron chi connectivity index (χ2n) is 4.39. The van der Waals surface area contributed by atoms with E-state index in [1.807, 2.05) is 6.92 Å². The minimum absolute atomic E-state index is 0. The first-order chi connectivity index (χ1) is 7.95. The Morgan fingerprint density at radius 3 is 2.50 bits per heavy atom. The van der Waals surface area contributed by atoms with Crippen molar-refractivity contribution in [3.63, 3.8) is 0 Å². The average Bonchev–Trinajstić information content (AvgIpc) is 2.21. The van der Waals surface area contributed by atoms with Crippen LogP contribution in [-0.2, 0) is 9.59 Å². The summed E-state index contributed by atoms with van der Waals surface area (Å²) in [6.45, 7) is 5.53. The summed E-state index contributed by atoms with van der Waals surface area (Å²) in [4.78, 5) is 27.1. The Morgan fingerprint density at radius 1 is 1.44 bits per heavy atom. The number of nitrogens with zero attached hydrogens (tertiary/aromatic N) is 1. The number of rotatable bonds is 4. The van der Waals surface area contributed by atoms with E-state index in [1.165, 1.54) is 0 Å². The Hall–Kier alpha value is -0.650. The Balaban J connectivity index is 0.00000289. The van der Waals surface area contributed by atoms with Crippen LogP contribution in [0, 0.1) is 11.3 Å². The Morgan fingerprint density at radius 2 is 2.06 bits per heavy atom. The molecular weight excluding hydrogens is 243 g/mol. The monoisotopic (exact) mass is 260 g/mol. The number of amidine groups is 1. The van der Waals surface area contributed by atoms with Gasteiger partial charge in [0.25, 0.3) is 5.91 Å². The van der Waals surface area contributed by atoms with Crippen molar-refractivity contribution < 1.29 is 44.3 Å². The summed E-state index contributed by atoms with van der Waals surface area (Å²) >= 11 is 0. The van der Waals surface area contributed by atoms with E-state index >= 15 is 0 Å². The van der Waals surface area contributed by atoms with E-state index in [0.717, 1.165) is 12.8 Å². The van der Waals surface area contributed by atoms with Gasteiger partial charge in [-0.05, 0) is 12.3 Å². The van der Waals surface area contributed by atoms with E-state index in [9.17, 15) is 14.7 Å². The number of carbonyl (C=O) groups excluding carboxylic acids is 2. The standard InChI is InChI=1S/C12H18N2O3.Na/c1-4-5-6-7-12(8(2)3)9(15)13-11(17)14-10(12)16;/h6-8H,4-5H2,1-3H3,(H2,13,14,15,16,17);/q;+1/p-1. The molecule has 0 spiro atoms. The zero-order chi connectivity index (χ0) is 13.1. The minimum atomic E-state index is -1.33. The quantitative estimate of drug-likeness (QED) is 0.341. The van der Waals surface area contributed by atoms with E-state index in [4.69, 9.17) is 0 Å². The van der Waals surface area contributed by atoms with Crippen LogP contribution in [0.5, 0.6) is 0 Å². The van der Waals surface area contributed by atoms with Gasteiger partial charge in [0.2, 0.25) is 5.91 Å². The Kier molecular flexibility index (Phi) is 6.81. The summed E-state index contributed by atoms with van der Waals surface area (Å²) in [5, 5.41) is 13.1. The zero-order valence-electron chi connectivity index (χ0n) is 11.3. The number of carbonyl (C=O) groups is 2. The number of amides is 2. The smallest absolute Gasteiger partial charge is 0.846 e. The topological polar surface area (TPSA) is 81.6 Å². The molecule has 0 bridgehead atoms. The van der Waals surface area contributed by atoms with E-state index < -0.39 is 23.3 Å². The van der Waals surface area contributed by atoms with Crippen molar-refractivity contribution in [1.82, 2.24) is 5.32 Å². The van der Waals surface area contributed by atoms with E-state index in [-0.39, 0.29) is 35.5 Å². The van der Waals surface area contributed by atoms with Gasteiger partial charge in [-0.3, -0.25) is 9.59 Å². The number of nitrogens with one attached hydrogen (secondary N) is 1. The maximum atomic E-state index is 11.9. The van der Waals surface area contributed by atoms with E-state index in [1.54, 1.807) is 26.0 Å². The van der Waals surface area contributed by atoms with Gasteiger partial charge in [-0.15, -0.1) is 0 Å². The summed E-state index contributed by atoms with van der Waals surface area (Å²) in [6, 6.07) is -0.875. The predicted molar refractivity (Wildman–Crippen MR) is 61.9 cm³/mol. The molecule has 0 aromatic heterocycles. The van der Waals surface area contributed by atoms with Crippen LogP contribution in [0.25, 0.3) is 0 Å². The van der Waals surface area contributed by atoms with Crippen molar-refractivity contribution in [2.24, 2.45) is 16.3 Å². The molecule has 0 radical (unpaired) electrons. The summed E-state index contributed by atoms with van der Waals surface area (Å²) in [7, 11) is 0. The predicted octanol–water partition coefficient (Wildman–Crippen LogP) is -2.64. The summed E-state index contributed by atoms with van der Waals surface area (Å²) in [6.07, 6.45) is 5.08. The number of hydrogen-bond donors (Lipinski definition) is 1. The first-order valence-electron chi connectivity index (χ1n) is 5.74. The molecule has 1 heterocycles. The van der Waals surface area contributed by atoms with Gasteiger partial charge in [0.1, 0.15) is 0 Å². The van der Waals surface area contributed by atoms with Gasteiger partial charge in [0.15, 0.2) is 5.41 Å². The van der Waals surface area contributed by atoms with Crippen LogP contribution in [0.15, 0.2) is 17.1 Å². The van der Waals surface area contributed by atoms with E-state index in [0.29, 0.717) is 0 Å². The first-order valence-corrected chi connectivity index (χ1v) is 5.74. The van der Waals surface area contributed by atoms with Crippen LogP contribution >= 0.6 is 0 Å². The molecule has 1 aliphatic rings. The molecule has 2 amide bonds. The molecule has 6 heteroatoms. The maximum Gasteiger partial charge on any atom is 1.00 e. The second-order valence-corrected chi connectivity index (χ2v) is 4.39. The molecule has 0 saturated heterocycles. The molecule has 94 valence electrons. The van der Waals surface area contributed by atoms with Crippen LogP contribution in [0.4, 0.5) is 0 Å². The third-order valence-corrected chi connectivity index (χ3v) is 2.90. The van der Waals surface area contributed by atoms with Gasteiger partial charge in [0, 0.05) is 0 Å². The summed E-state index contributed by atoms with van der Waals surface area (Å²) < 4.78 is 0. The fourth-order valence-electron chi connectivity index (χ4n) is 1.79. The van der Waals surface area contributed by atoms with Crippen molar-refractivity contribution >= 4 is 17.8 Å². The fourth-order valence-corrected chi connectivity index (χ4v) is 1.79. The molecule has 5 nitrogen and oxygen atoms in total. The molecule has 18 heavy (non-hydrogen) atoms. The van der Waals surface area contributed by atoms with Gasteiger partial charge in [-0.2, -0.15) is 0 Å². The molecule has 0 aromatic rings. The molecule has 1 rings (SSSR count). The van der Waals surface area contributed by atoms with E-state index in [2.05, 4.69) is 10.3 Å². The zero-order valence-corrected chi connectivity index (χ0v) is 13.3. The van der Waals surface area contributed by atoms with Crippen LogP contribution in [-0.4, -0.2) is 17.8 Å². The minimum Gasteiger partial charge on any atom is -0.846 e. The van der Waals surface area contributed by atoms with Gasteiger partial charge < -0.3 is 10.4 Å². The van der Waals surface area contributed by atoms with Gasteiger partial charge in [-0.1, -0.05) is 39.3 Å². The maximum absolute atomic E-state index is 11.9. The Labute approximate surface area is 129 Å². The molecule has 1 unspecified atom stereocenters. The molecule has 1 atom stereocenters. The number of allylic oxidation sites excluding steroid dienone is 1. The van der Waals surface area contributed by atoms with Crippen LogP contribution in [0.3, 0.4) is 0 Å². The molecule has 1 aliphatic heterocycles. The van der Waals surface area contributed by atoms with Crippen LogP contribution in [0.1, 0.15) is 33.6 Å². The van der Waals surface area contributed by atoms with Crippen LogP contribution < -0.4 is 40.0 Å². The normalized spacial score (nSPS) is 23.9. The van der Waals surface area contributed by atoms with Crippen molar-refractivity contribution in [3.8, 4) is 0 Å². The van der Waals surface area contributed by atoms with Gasteiger partial charge >= 0.3 is 29.6 Å². The first kappa shape index (κ1) is 17.4. The number of hydrogen-bond acceptors (Lipinski definition) is 3. The fraction of sp³-hybridized carbons (Fsp3) is 0.583. The molecule has 0 saturated carbocycles. The largest absolute Gasteiger partial charge is 1.00 e. The third-order valence-electron chi connectivity index (χ3n) is 2.90. The SMILES string of the molecule is CCCC=CC1(C(C)C)C(=O)N=C([O-])NC1=O.[Na+]. The average molecular weight is 260 g/mol. The number of unbranched alkanes of at least 4 members (excludes halogenated alkanes) is 1. The molecule has 0 fully saturated rings. The molecule has 0 aromatic carbocycles. The summed E-state index contributed by atoms with van der Waals surface area (Å²) in [5.74, 6) is -1.50. The molecule has 1 N–H and O–H groups in total. The van der Waals surface area contributed by atoms with Crippen molar-refractivity contribution in [2.45, 2.75) is 33.6 Å². The molecular formula is C12H17N2NaO3. The molecule has 0 aliphatic carbocycles. The van der Waals surface area contributed by atoms with Gasteiger partial charge in [0.05, 0.1) is 6.02 Å². The van der Waals surface area contributed by atoms with Gasteiger partial charge in [-0.25, -0.2) is 4.99 Å². The summed E-state index contributed by atoms with van der Waals surface area (Å²) in [5.41, 5.74) is -1.33.